The van der Waals surface area contributed by atoms with E-state index in [2.05, 4.69) is 16.0 Å². The molecule has 0 fully saturated rings. The molecule has 0 unspecified atom stereocenters. The lowest BCUT2D eigenvalue weighted by Gasteiger charge is -2.13. The van der Waals surface area contributed by atoms with Crippen LogP contribution in [-0.2, 0) is 9.59 Å². The minimum Gasteiger partial charge on any atom is -0.493 e. The number of hydrogen-bond donors (Lipinski definition) is 4. The van der Waals surface area contributed by atoms with Crippen molar-refractivity contribution in [3.8, 4) is 5.75 Å². The molecule has 0 radical (unpaired) electrons. The van der Waals surface area contributed by atoms with E-state index in [1.165, 1.54) is 23.9 Å². The number of para-hydroxylation sites is 1. The predicted octanol–water partition coefficient (Wildman–Crippen LogP) is 5.32. The van der Waals surface area contributed by atoms with Gasteiger partial charge in [-0.15, -0.1) is 11.8 Å². The molecule has 4 aromatic carbocycles. The largest absolute Gasteiger partial charge is 0.493 e. The Bertz CT molecular complexity index is 1640. The fourth-order valence-corrected chi connectivity index (χ4v) is 4.67. The quantitative estimate of drug-likeness (QED) is 0.129. The molecule has 0 saturated carbocycles. The van der Waals surface area contributed by atoms with Crippen LogP contribution in [0.3, 0.4) is 0 Å². The fraction of sp³-hybridized carbons (Fsp3) is 0.0909. The van der Waals surface area contributed by atoms with Gasteiger partial charge < -0.3 is 26.4 Å². The summed E-state index contributed by atoms with van der Waals surface area (Å²) in [4.78, 5) is 50.9. The van der Waals surface area contributed by atoms with Gasteiger partial charge in [0.15, 0.2) is 0 Å². The van der Waals surface area contributed by atoms with Crippen LogP contribution in [0, 0.1) is 0 Å². The highest BCUT2D eigenvalue weighted by Crippen LogP contribution is 2.24. The van der Waals surface area contributed by atoms with Crippen LogP contribution in [0.2, 0.25) is 0 Å². The van der Waals surface area contributed by atoms with Crippen molar-refractivity contribution >= 4 is 52.8 Å². The molecule has 0 heterocycles. The molecule has 4 rings (SSSR count). The average molecular weight is 595 g/mol. The molecule has 0 atom stereocenters. The van der Waals surface area contributed by atoms with E-state index in [1.807, 2.05) is 25.1 Å². The zero-order valence-corrected chi connectivity index (χ0v) is 24.1. The lowest BCUT2D eigenvalue weighted by molar-refractivity contribution is -0.114. The summed E-state index contributed by atoms with van der Waals surface area (Å²) in [5.41, 5.74) is 7.68. The van der Waals surface area contributed by atoms with Crippen molar-refractivity contribution in [1.29, 1.82) is 0 Å². The Labute approximate surface area is 253 Å². The Hall–Kier alpha value is -5.35. The summed E-state index contributed by atoms with van der Waals surface area (Å²) < 4.78 is 5.70. The summed E-state index contributed by atoms with van der Waals surface area (Å²) in [5.74, 6) is -1.07. The van der Waals surface area contributed by atoms with Crippen LogP contribution in [-0.4, -0.2) is 36.0 Å². The van der Waals surface area contributed by atoms with E-state index in [1.54, 1.807) is 78.9 Å². The lowest BCUT2D eigenvalue weighted by atomic mass is 10.1. The Balaban J connectivity index is 1.46. The van der Waals surface area contributed by atoms with Gasteiger partial charge in [-0.05, 0) is 73.7 Å². The van der Waals surface area contributed by atoms with Gasteiger partial charge in [0.2, 0.25) is 11.8 Å². The Morgan fingerprint density at radius 3 is 2.23 bits per heavy atom. The molecule has 0 aliphatic rings. The molecule has 0 aliphatic carbocycles. The van der Waals surface area contributed by atoms with E-state index in [-0.39, 0.29) is 17.4 Å². The number of ether oxygens (including phenoxy) is 1. The van der Waals surface area contributed by atoms with Crippen molar-refractivity contribution in [2.75, 3.05) is 23.0 Å². The highest BCUT2D eigenvalue weighted by Gasteiger charge is 2.16. The second kappa shape index (κ2) is 15.0. The third-order valence-electron chi connectivity index (χ3n) is 5.96. The highest BCUT2D eigenvalue weighted by atomic mass is 32.2. The molecular formula is C33H30N4O5S. The van der Waals surface area contributed by atoms with Gasteiger partial charge in [0.25, 0.3) is 11.8 Å². The summed E-state index contributed by atoms with van der Waals surface area (Å²) >= 11 is 1.29. The number of benzene rings is 4. The van der Waals surface area contributed by atoms with E-state index in [0.717, 1.165) is 4.90 Å². The second-order valence-electron chi connectivity index (χ2n) is 9.11. The Morgan fingerprint density at radius 2 is 1.51 bits per heavy atom. The van der Waals surface area contributed by atoms with Gasteiger partial charge in [0, 0.05) is 33.0 Å². The van der Waals surface area contributed by atoms with Crippen LogP contribution >= 0.6 is 11.8 Å². The number of rotatable bonds is 12. The van der Waals surface area contributed by atoms with Crippen molar-refractivity contribution in [3.63, 3.8) is 0 Å². The number of anilines is 2. The summed E-state index contributed by atoms with van der Waals surface area (Å²) in [7, 11) is 0. The van der Waals surface area contributed by atoms with Crippen LogP contribution in [0.5, 0.6) is 5.75 Å². The highest BCUT2D eigenvalue weighted by molar-refractivity contribution is 8.00. The van der Waals surface area contributed by atoms with Gasteiger partial charge in [-0.2, -0.15) is 0 Å². The average Bonchev–Trinajstić information content (AvgIpc) is 3.01. The number of primary amides is 1. The van der Waals surface area contributed by atoms with Crippen molar-refractivity contribution < 1.29 is 23.9 Å². The molecule has 0 spiro atoms. The first kappa shape index (κ1) is 30.6. The normalized spacial score (nSPS) is 10.9. The molecule has 218 valence electrons. The standard InChI is InChI=1S/C33H30N4O5S/c1-2-42-29-14-7-6-11-24(29)19-28(37-32(40)23-9-4-3-5-10-23)33(41)36-26-12-8-13-27(20-26)43-21-30(38)35-25-17-15-22(16-18-25)31(34)39/h3-20H,2,21H2,1H3,(H2,34,39)(H,35,38)(H,36,41)(H,37,40)/b28-19+. The number of nitrogens with one attached hydrogen (secondary N) is 3. The minimum absolute atomic E-state index is 0.0285. The molecule has 9 nitrogen and oxygen atoms in total. The first-order chi connectivity index (χ1) is 20.8. The van der Waals surface area contributed by atoms with Gasteiger partial charge in [-0.3, -0.25) is 19.2 Å². The predicted molar refractivity (Wildman–Crippen MR) is 169 cm³/mol. The van der Waals surface area contributed by atoms with Gasteiger partial charge in [-0.1, -0.05) is 42.5 Å². The van der Waals surface area contributed by atoms with Crippen molar-refractivity contribution in [2.24, 2.45) is 5.73 Å². The summed E-state index contributed by atoms with van der Waals surface area (Å²) in [5, 5.41) is 8.34. The van der Waals surface area contributed by atoms with Crippen LogP contribution in [0.25, 0.3) is 6.08 Å². The molecule has 43 heavy (non-hydrogen) atoms. The molecule has 0 aliphatic heterocycles. The maximum Gasteiger partial charge on any atom is 0.272 e. The van der Waals surface area contributed by atoms with Gasteiger partial charge >= 0.3 is 0 Å². The number of thioether (sulfide) groups is 1. The number of nitrogens with two attached hydrogens (primary N) is 1. The third-order valence-corrected chi connectivity index (χ3v) is 6.96. The second-order valence-corrected chi connectivity index (χ2v) is 10.2. The molecule has 0 saturated heterocycles. The van der Waals surface area contributed by atoms with Gasteiger partial charge in [0.1, 0.15) is 11.4 Å². The zero-order chi connectivity index (χ0) is 30.6. The molecule has 4 aromatic rings. The van der Waals surface area contributed by atoms with Crippen LogP contribution in [0.4, 0.5) is 11.4 Å². The molecule has 0 aromatic heterocycles. The van der Waals surface area contributed by atoms with Crippen LogP contribution in [0.1, 0.15) is 33.2 Å². The SMILES string of the molecule is CCOc1ccccc1/C=C(/NC(=O)c1ccccc1)C(=O)Nc1cccc(SCC(=O)Nc2ccc(C(N)=O)cc2)c1. The van der Waals surface area contributed by atoms with E-state index >= 15 is 0 Å². The Morgan fingerprint density at radius 1 is 0.791 bits per heavy atom. The van der Waals surface area contributed by atoms with E-state index < -0.39 is 17.7 Å². The van der Waals surface area contributed by atoms with E-state index in [0.29, 0.717) is 40.4 Å². The number of carbonyl (C=O) groups is 4. The van der Waals surface area contributed by atoms with Crippen LogP contribution < -0.4 is 26.4 Å². The molecule has 4 amide bonds. The number of carbonyl (C=O) groups excluding carboxylic acids is 4. The van der Waals surface area contributed by atoms with Crippen molar-refractivity contribution in [2.45, 2.75) is 11.8 Å². The van der Waals surface area contributed by atoms with Crippen molar-refractivity contribution in [1.82, 2.24) is 5.32 Å². The van der Waals surface area contributed by atoms with E-state index in [9.17, 15) is 19.2 Å². The number of amides is 4. The first-order valence-corrected chi connectivity index (χ1v) is 14.3. The minimum atomic E-state index is -0.545. The Kier molecular flexibility index (Phi) is 10.7. The lowest BCUT2D eigenvalue weighted by Crippen LogP contribution is -2.30. The topological polar surface area (TPSA) is 140 Å². The van der Waals surface area contributed by atoms with E-state index in [4.69, 9.17) is 10.5 Å². The third kappa shape index (κ3) is 9.07. The summed E-state index contributed by atoms with van der Waals surface area (Å²) in [6.45, 7) is 2.30. The molecule has 5 N–H and O–H groups in total. The molecular weight excluding hydrogens is 564 g/mol. The van der Waals surface area contributed by atoms with Crippen molar-refractivity contribution in [3.05, 3.63) is 126 Å². The molecule has 0 bridgehead atoms. The fourth-order valence-electron chi connectivity index (χ4n) is 3.91. The summed E-state index contributed by atoms with van der Waals surface area (Å²) in [6, 6.07) is 29.1. The van der Waals surface area contributed by atoms with Crippen LogP contribution in [0.15, 0.2) is 114 Å². The maximum absolute atomic E-state index is 13.5. The molecule has 10 heteroatoms. The van der Waals surface area contributed by atoms with Gasteiger partial charge in [-0.25, -0.2) is 0 Å². The monoisotopic (exact) mass is 594 g/mol. The first-order valence-electron chi connectivity index (χ1n) is 13.4. The summed E-state index contributed by atoms with van der Waals surface area (Å²) in [6.07, 6.45) is 1.57. The van der Waals surface area contributed by atoms with Gasteiger partial charge in [0.05, 0.1) is 12.4 Å². The number of hydrogen-bond acceptors (Lipinski definition) is 6. The zero-order valence-electron chi connectivity index (χ0n) is 23.3. The smallest absolute Gasteiger partial charge is 0.272 e. The maximum atomic E-state index is 13.5.